The first-order valence-corrected chi connectivity index (χ1v) is 5.56. The Morgan fingerprint density at radius 3 is 2.76 bits per heavy atom. The molecule has 0 aromatic heterocycles. The average Bonchev–Trinajstić information content (AvgIpc) is 2.28. The van der Waals surface area contributed by atoms with Crippen LogP contribution in [0.5, 0.6) is 0 Å². The number of nitrogens with one attached hydrogen (secondary N) is 2. The highest BCUT2D eigenvalue weighted by molar-refractivity contribution is 5.62. The van der Waals surface area contributed by atoms with E-state index in [-0.39, 0.29) is 12.0 Å². The maximum atomic E-state index is 13.7. The third-order valence-corrected chi connectivity index (χ3v) is 2.92. The maximum absolute atomic E-state index is 13.7. The lowest BCUT2D eigenvalue weighted by molar-refractivity contribution is 0.626. The number of allylic oxidation sites excluding steroid dienone is 1. The number of rotatable bonds is 2. The van der Waals surface area contributed by atoms with Crippen LogP contribution in [0.2, 0.25) is 0 Å². The van der Waals surface area contributed by atoms with Crippen LogP contribution in [0.3, 0.4) is 0 Å². The third-order valence-electron chi connectivity index (χ3n) is 2.92. The molecule has 1 aliphatic heterocycles. The van der Waals surface area contributed by atoms with Crippen molar-refractivity contribution < 1.29 is 4.39 Å². The van der Waals surface area contributed by atoms with Crippen LogP contribution in [0, 0.1) is 12.7 Å². The van der Waals surface area contributed by atoms with Crippen molar-refractivity contribution in [1.82, 2.24) is 5.32 Å². The molecule has 1 aromatic carbocycles. The van der Waals surface area contributed by atoms with Gasteiger partial charge in [0.1, 0.15) is 12.0 Å². The lowest BCUT2D eigenvalue weighted by atomic mass is 10.1. The first kappa shape index (κ1) is 11.6. The van der Waals surface area contributed by atoms with Gasteiger partial charge < -0.3 is 10.6 Å². The second kappa shape index (κ2) is 4.57. The zero-order valence-electron chi connectivity index (χ0n) is 10.2. The molecule has 1 unspecified atom stereocenters. The summed E-state index contributed by atoms with van der Waals surface area (Å²) in [7, 11) is 0. The zero-order chi connectivity index (χ0) is 12.4. The maximum Gasteiger partial charge on any atom is 0.146 e. The molecule has 90 valence electrons. The highest BCUT2D eigenvalue weighted by Crippen LogP contribution is 2.20. The summed E-state index contributed by atoms with van der Waals surface area (Å²) in [5.41, 5.74) is 3.50. The molecule has 0 aliphatic carbocycles. The van der Waals surface area contributed by atoms with E-state index in [0.717, 1.165) is 16.8 Å². The van der Waals surface area contributed by atoms with E-state index < -0.39 is 0 Å². The highest BCUT2D eigenvalue weighted by Gasteiger charge is 2.15. The summed E-state index contributed by atoms with van der Waals surface area (Å²) in [5.74, 6) is -0.246. The molecule has 1 aromatic rings. The highest BCUT2D eigenvalue weighted by atomic mass is 19.1. The normalized spacial score (nSPS) is 19.2. The van der Waals surface area contributed by atoms with E-state index >= 15 is 0 Å². The number of halogens is 1. The van der Waals surface area contributed by atoms with Crippen molar-refractivity contribution in [3.05, 3.63) is 40.8 Å². The van der Waals surface area contributed by atoms with Crippen molar-refractivity contribution in [2.75, 3.05) is 5.32 Å². The minimum atomic E-state index is -0.246. The summed E-state index contributed by atoms with van der Waals surface area (Å²) in [4.78, 5) is 4.25. The van der Waals surface area contributed by atoms with Gasteiger partial charge in [-0.05, 0) is 44.0 Å². The summed E-state index contributed by atoms with van der Waals surface area (Å²) < 4.78 is 13.7. The van der Waals surface area contributed by atoms with Gasteiger partial charge in [0.2, 0.25) is 0 Å². The van der Waals surface area contributed by atoms with Gasteiger partial charge in [0.05, 0.1) is 12.0 Å². The van der Waals surface area contributed by atoms with E-state index in [1.54, 1.807) is 12.4 Å². The summed E-state index contributed by atoms with van der Waals surface area (Å²) in [5, 5.41) is 6.11. The Bertz CT molecular complexity index is 491. The summed E-state index contributed by atoms with van der Waals surface area (Å²) in [6.45, 7) is 5.81. The molecule has 0 fully saturated rings. The van der Waals surface area contributed by atoms with E-state index in [4.69, 9.17) is 0 Å². The molecule has 0 saturated carbocycles. The van der Waals surface area contributed by atoms with Crippen molar-refractivity contribution in [3.8, 4) is 0 Å². The van der Waals surface area contributed by atoms with Crippen LogP contribution in [-0.4, -0.2) is 12.5 Å². The van der Waals surface area contributed by atoms with Gasteiger partial charge in [0, 0.05) is 5.70 Å². The van der Waals surface area contributed by atoms with Crippen molar-refractivity contribution in [2.45, 2.75) is 26.9 Å². The average molecular weight is 233 g/mol. The largest absolute Gasteiger partial charge is 0.358 e. The third kappa shape index (κ3) is 2.46. The number of hydrogen-bond donors (Lipinski definition) is 2. The fourth-order valence-electron chi connectivity index (χ4n) is 1.67. The molecule has 1 heterocycles. The van der Waals surface area contributed by atoms with Gasteiger partial charge in [-0.3, -0.25) is 0 Å². The van der Waals surface area contributed by atoms with Gasteiger partial charge in [-0.1, -0.05) is 6.07 Å². The van der Waals surface area contributed by atoms with Crippen LogP contribution in [0.15, 0.2) is 34.5 Å². The number of aryl methyl sites for hydroxylation is 1. The molecule has 2 N–H and O–H groups in total. The SMILES string of the molecule is CC1=C(C)C(Nc2ccc(C)cc2F)N=CN1. The van der Waals surface area contributed by atoms with Gasteiger partial charge in [-0.25, -0.2) is 9.38 Å². The number of nitrogens with zero attached hydrogens (tertiary/aromatic N) is 1. The van der Waals surface area contributed by atoms with Gasteiger partial charge in [0.15, 0.2) is 0 Å². The smallest absolute Gasteiger partial charge is 0.146 e. The Kier molecular flexibility index (Phi) is 3.13. The molecule has 0 saturated heterocycles. The number of benzene rings is 1. The Labute approximate surface area is 100 Å². The Balaban J connectivity index is 2.21. The first-order chi connectivity index (χ1) is 8.08. The Morgan fingerprint density at radius 2 is 2.06 bits per heavy atom. The molecule has 0 radical (unpaired) electrons. The molecule has 0 spiro atoms. The lowest BCUT2D eigenvalue weighted by Gasteiger charge is -2.22. The molecule has 0 bridgehead atoms. The van der Waals surface area contributed by atoms with Crippen LogP contribution in [-0.2, 0) is 0 Å². The molecule has 2 rings (SSSR count). The molecule has 0 amide bonds. The van der Waals surface area contributed by atoms with Crippen molar-refractivity contribution in [1.29, 1.82) is 0 Å². The molecule has 17 heavy (non-hydrogen) atoms. The standard InChI is InChI=1S/C13H16FN3/c1-8-4-5-12(11(14)6-8)17-13-9(2)10(3)15-7-16-13/h4-7,13,17H,1-3H3,(H,15,16). The van der Waals surface area contributed by atoms with Crippen molar-refractivity contribution in [2.24, 2.45) is 4.99 Å². The van der Waals surface area contributed by atoms with Crippen LogP contribution < -0.4 is 10.6 Å². The number of aliphatic imine (C=N–C) groups is 1. The molecular formula is C13H16FN3. The van der Waals surface area contributed by atoms with E-state index in [0.29, 0.717) is 5.69 Å². The molecule has 4 heteroatoms. The summed E-state index contributed by atoms with van der Waals surface area (Å²) in [6.07, 6.45) is 1.43. The van der Waals surface area contributed by atoms with Crippen LogP contribution in [0.4, 0.5) is 10.1 Å². The van der Waals surface area contributed by atoms with E-state index in [1.165, 1.54) is 6.07 Å². The molecule has 3 nitrogen and oxygen atoms in total. The fourth-order valence-corrected chi connectivity index (χ4v) is 1.67. The first-order valence-electron chi connectivity index (χ1n) is 5.56. The molecule has 1 aliphatic rings. The summed E-state index contributed by atoms with van der Waals surface area (Å²) >= 11 is 0. The van der Waals surface area contributed by atoms with Gasteiger partial charge in [-0.15, -0.1) is 0 Å². The van der Waals surface area contributed by atoms with Gasteiger partial charge in [0.25, 0.3) is 0 Å². The van der Waals surface area contributed by atoms with Crippen LogP contribution >= 0.6 is 0 Å². The van der Waals surface area contributed by atoms with E-state index in [2.05, 4.69) is 15.6 Å². The van der Waals surface area contributed by atoms with Crippen LogP contribution in [0.1, 0.15) is 19.4 Å². The minimum absolute atomic E-state index is 0.201. The van der Waals surface area contributed by atoms with E-state index in [1.807, 2.05) is 26.8 Å². The molecular weight excluding hydrogens is 217 g/mol. The molecule has 1 atom stereocenters. The quantitative estimate of drug-likeness (QED) is 0.824. The monoisotopic (exact) mass is 233 g/mol. The van der Waals surface area contributed by atoms with Gasteiger partial charge >= 0.3 is 0 Å². The number of hydrogen-bond acceptors (Lipinski definition) is 3. The predicted molar refractivity (Wildman–Crippen MR) is 68.5 cm³/mol. The second-order valence-electron chi connectivity index (χ2n) is 4.26. The zero-order valence-corrected chi connectivity index (χ0v) is 10.2. The Morgan fingerprint density at radius 1 is 1.29 bits per heavy atom. The number of anilines is 1. The topological polar surface area (TPSA) is 36.4 Å². The minimum Gasteiger partial charge on any atom is -0.358 e. The predicted octanol–water partition coefficient (Wildman–Crippen LogP) is 2.80. The Hall–Kier alpha value is -1.84. The second-order valence-corrected chi connectivity index (χ2v) is 4.26. The lowest BCUT2D eigenvalue weighted by Crippen LogP contribution is -2.28. The van der Waals surface area contributed by atoms with E-state index in [9.17, 15) is 4.39 Å². The van der Waals surface area contributed by atoms with Crippen LogP contribution in [0.25, 0.3) is 0 Å². The van der Waals surface area contributed by atoms with Crippen molar-refractivity contribution >= 4 is 12.0 Å². The summed E-state index contributed by atoms with van der Waals surface area (Å²) in [6, 6.07) is 5.13. The van der Waals surface area contributed by atoms with Crippen molar-refractivity contribution in [3.63, 3.8) is 0 Å². The van der Waals surface area contributed by atoms with Gasteiger partial charge in [-0.2, -0.15) is 0 Å². The fraction of sp³-hybridized carbons (Fsp3) is 0.308.